The molecule has 0 aromatic heterocycles. The average Bonchev–Trinajstić information content (AvgIpc) is 2.44. The summed E-state index contributed by atoms with van der Waals surface area (Å²) in [6.45, 7) is 1.55. The fourth-order valence-electron chi connectivity index (χ4n) is 5.88. The molecule has 0 aliphatic heterocycles. The van der Waals surface area contributed by atoms with Gasteiger partial charge >= 0.3 is 0 Å². The lowest BCUT2D eigenvalue weighted by Gasteiger charge is -2.60. The SMILES string of the molecule is CC(=O)c1ccc(NC(=O)CC23C[C@H]4C[C@@H](CC(Br)(C4)C2)C3)cc1. The molecule has 0 radical (unpaired) electrons. The first-order valence-electron chi connectivity index (χ1n) is 8.95. The van der Waals surface area contributed by atoms with Crippen LogP contribution < -0.4 is 5.32 Å². The van der Waals surface area contributed by atoms with Gasteiger partial charge in [0.15, 0.2) is 5.78 Å². The van der Waals surface area contributed by atoms with E-state index in [1.54, 1.807) is 19.1 Å². The minimum Gasteiger partial charge on any atom is -0.326 e. The summed E-state index contributed by atoms with van der Waals surface area (Å²) in [6.07, 6.45) is 8.15. The standard InChI is InChI=1S/C20H24BrNO2/c1-13(23)16-2-4-17(5-3-16)22-18(24)11-19-7-14-6-15(8-19)10-20(21,9-14)12-19/h2-5,14-15H,6-12H2,1H3,(H,22,24)/t14-,15-,19?,20?/m1/s1. The highest BCUT2D eigenvalue weighted by Gasteiger charge is 2.57. The predicted molar refractivity (Wildman–Crippen MR) is 98.5 cm³/mol. The van der Waals surface area contributed by atoms with Gasteiger partial charge in [-0.2, -0.15) is 0 Å². The molecule has 1 aromatic carbocycles. The number of carbonyl (C=O) groups is 2. The Kier molecular flexibility index (Phi) is 3.87. The van der Waals surface area contributed by atoms with Gasteiger partial charge < -0.3 is 5.32 Å². The second-order valence-corrected chi connectivity index (χ2v) is 10.2. The maximum Gasteiger partial charge on any atom is 0.224 e. The Morgan fingerprint density at radius 1 is 1.12 bits per heavy atom. The van der Waals surface area contributed by atoms with E-state index in [0.717, 1.165) is 23.9 Å². The number of anilines is 1. The van der Waals surface area contributed by atoms with Crippen molar-refractivity contribution in [1.82, 2.24) is 0 Å². The van der Waals surface area contributed by atoms with Gasteiger partial charge in [0.25, 0.3) is 0 Å². The van der Waals surface area contributed by atoms with Crippen molar-refractivity contribution in [1.29, 1.82) is 0 Å². The van der Waals surface area contributed by atoms with Crippen molar-refractivity contribution in [2.45, 2.75) is 56.2 Å². The number of ketones is 1. The molecule has 4 saturated carbocycles. The number of alkyl halides is 1. The lowest BCUT2D eigenvalue weighted by molar-refractivity contribution is -0.123. The van der Waals surface area contributed by atoms with Crippen molar-refractivity contribution in [3.05, 3.63) is 29.8 Å². The molecule has 1 aromatic rings. The van der Waals surface area contributed by atoms with E-state index < -0.39 is 0 Å². The van der Waals surface area contributed by atoms with Crippen molar-refractivity contribution < 1.29 is 9.59 Å². The fourth-order valence-corrected chi connectivity index (χ4v) is 7.39. The number of carbonyl (C=O) groups excluding carboxylic acids is 2. The van der Waals surface area contributed by atoms with Gasteiger partial charge in [0, 0.05) is 22.0 Å². The number of rotatable bonds is 4. The Morgan fingerprint density at radius 3 is 2.29 bits per heavy atom. The van der Waals surface area contributed by atoms with Crippen LogP contribution in [0.5, 0.6) is 0 Å². The molecule has 4 heteroatoms. The molecule has 0 heterocycles. The van der Waals surface area contributed by atoms with Crippen LogP contribution >= 0.6 is 15.9 Å². The first-order valence-corrected chi connectivity index (χ1v) is 9.74. The molecule has 24 heavy (non-hydrogen) atoms. The smallest absolute Gasteiger partial charge is 0.224 e. The van der Waals surface area contributed by atoms with Gasteiger partial charge in [-0.15, -0.1) is 0 Å². The number of benzene rings is 1. The van der Waals surface area contributed by atoms with E-state index >= 15 is 0 Å². The lowest BCUT2D eigenvalue weighted by atomic mass is 9.48. The molecule has 0 saturated heterocycles. The summed E-state index contributed by atoms with van der Waals surface area (Å²) >= 11 is 4.01. The molecular weight excluding hydrogens is 366 g/mol. The number of halogens is 1. The van der Waals surface area contributed by atoms with Gasteiger partial charge in [-0.1, -0.05) is 15.9 Å². The number of Topliss-reactive ketones (excluding diaryl/α,β-unsaturated/α-hetero) is 1. The quantitative estimate of drug-likeness (QED) is 0.584. The Bertz CT molecular complexity index is 667. The molecule has 0 unspecified atom stereocenters. The van der Waals surface area contributed by atoms with Crippen LogP contribution in [0.25, 0.3) is 0 Å². The lowest BCUT2D eigenvalue weighted by Crippen LogP contribution is -2.53. The van der Waals surface area contributed by atoms with Gasteiger partial charge in [-0.05, 0) is 87.0 Å². The summed E-state index contributed by atoms with van der Waals surface area (Å²) in [5.74, 6) is 1.76. The van der Waals surface area contributed by atoms with E-state index in [1.165, 1.54) is 32.1 Å². The van der Waals surface area contributed by atoms with E-state index in [-0.39, 0.29) is 17.1 Å². The molecule has 4 aliphatic rings. The highest BCUT2D eigenvalue weighted by atomic mass is 79.9. The van der Waals surface area contributed by atoms with Gasteiger partial charge in [0.05, 0.1) is 0 Å². The second-order valence-electron chi connectivity index (χ2n) is 8.47. The van der Waals surface area contributed by atoms with Crippen molar-refractivity contribution in [3.8, 4) is 0 Å². The van der Waals surface area contributed by atoms with Crippen LogP contribution in [-0.4, -0.2) is 16.0 Å². The normalized spacial score (nSPS) is 36.6. The van der Waals surface area contributed by atoms with E-state index in [2.05, 4.69) is 21.2 Å². The zero-order valence-corrected chi connectivity index (χ0v) is 15.7. The maximum absolute atomic E-state index is 12.6. The highest BCUT2D eigenvalue weighted by Crippen LogP contribution is 2.65. The third-order valence-corrected chi connectivity index (χ3v) is 7.15. The van der Waals surface area contributed by atoms with E-state index in [9.17, 15) is 9.59 Å². The van der Waals surface area contributed by atoms with Gasteiger partial charge in [-0.25, -0.2) is 0 Å². The summed E-state index contributed by atoms with van der Waals surface area (Å²) in [5, 5.41) is 3.03. The third kappa shape index (κ3) is 3.05. The number of hydrogen-bond acceptors (Lipinski definition) is 2. The minimum absolute atomic E-state index is 0.0454. The van der Waals surface area contributed by atoms with Crippen molar-refractivity contribution >= 4 is 33.3 Å². The summed E-state index contributed by atoms with van der Waals surface area (Å²) in [7, 11) is 0. The van der Waals surface area contributed by atoms with E-state index in [4.69, 9.17) is 0 Å². The van der Waals surface area contributed by atoms with Crippen molar-refractivity contribution in [2.75, 3.05) is 5.32 Å². The molecule has 5 rings (SSSR count). The molecule has 128 valence electrons. The second kappa shape index (κ2) is 5.69. The van der Waals surface area contributed by atoms with Crippen LogP contribution in [-0.2, 0) is 4.79 Å². The van der Waals surface area contributed by atoms with Crippen LogP contribution in [0.15, 0.2) is 24.3 Å². The molecule has 0 spiro atoms. The molecule has 1 N–H and O–H groups in total. The topological polar surface area (TPSA) is 46.2 Å². The molecule has 1 amide bonds. The number of nitrogens with one attached hydrogen (secondary N) is 1. The van der Waals surface area contributed by atoms with Crippen molar-refractivity contribution in [3.63, 3.8) is 0 Å². The molecule has 2 atom stereocenters. The molecule has 3 nitrogen and oxygen atoms in total. The van der Waals surface area contributed by atoms with Crippen molar-refractivity contribution in [2.24, 2.45) is 17.3 Å². The number of amides is 1. The number of hydrogen-bond donors (Lipinski definition) is 1. The Morgan fingerprint density at radius 2 is 1.75 bits per heavy atom. The summed E-state index contributed by atoms with van der Waals surface area (Å²) in [5.41, 5.74) is 1.65. The highest BCUT2D eigenvalue weighted by molar-refractivity contribution is 9.10. The maximum atomic E-state index is 12.6. The van der Waals surface area contributed by atoms with Crippen LogP contribution in [0, 0.1) is 17.3 Å². The first-order chi connectivity index (χ1) is 11.3. The van der Waals surface area contributed by atoms with Gasteiger partial charge in [0.1, 0.15) is 0 Å². The minimum atomic E-state index is 0.0454. The van der Waals surface area contributed by atoms with E-state index in [1.807, 2.05) is 12.1 Å². The van der Waals surface area contributed by atoms with Gasteiger partial charge in [-0.3, -0.25) is 9.59 Å². The zero-order chi connectivity index (χ0) is 16.9. The summed E-state index contributed by atoms with van der Waals surface area (Å²) < 4.78 is 0.292. The molecule has 4 bridgehead atoms. The Labute approximate surface area is 151 Å². The Balaban J connectivity index is 1.43. The van der Waals surface area contributed by atoms with E-state index in [0.29, 0.717) is 16.3 Å². The molecule has 4 aliphatic carbocycles. The monoisotopic (exact) mass is 389 g/mol. The van der Waals surface area contributed by atoms with Crippen LogP contribution in [0.4, 0.5) is 5.69 Å². The van der Waals surface area contributed by atoms with Crippen LogP contribution in [0.3, 0.4) is 0 Å². The molecular formula is C20H24BrNO2. The van der Waals surface area contributed by atoms with Crippen LogP contribution in [0.2, 0.25) is 0 Å². The average molecular weight is 390 g/mol. The zero-order valence-electron chi connectivity index (χ0n) is 14.1. The summed E-state index contributed by atoms with van der Waals surface area (Å²) in [4.78, 5) is 24.0. The van der Waals surface area contributed by atoms with Gasteiger partial charge in [0.2, 0.25) is 5.91 Å². The third-order valence-electron chi connectivity index (χ3n) is 6.22. The first kappa shape index (κ1) is 16.3. The Hall–Kier alpha value is -1.16. The largest absolute Gasteiger partial charge is 0.326 e. The predicted octanol–water partition coefficient (Wildman–Crippen LogP) is 4.95. The van der Waals surface area contributed by atoms with Crippen LogP contribution in [0.1, 0.15) is 62.2 Å². The molecule has 4 fully saturated rings. The summed E-state index contributed by atoms with van der Waals surface area (Å²) in [6, 6.07) is 7.19. The fraction of sp³-hybridized carbons (Fsp3) is 0.600.